The molecule has 2 N–H and O–H groups in total. The second kappa shape index (κ2) is 6.13. The number of hydrogen-bond donors (Lipinski definition) is 2. The van der Waals surface area contributed by atoms with E-state index in [1.165, 1.54) is 0 Å². The van der Waals surface area contributed by atoms with E-state index >= 15 is 0 Å². The van der Waals surface area contributed by atoms with Crippen LogP contribution in [0.3, 0.4) is 0 Å². The highest BCUT2D eigenvalue weighted by Crippen LogP contribution is 2.24. The van der Waals surface area contributed by atoms with Gasteiger partial charge in [-0.1, -0.05) is 0 Å². The monoisotopic (exact) mass is 306 g/mol. The first-order valence-corrected chi connectivity index (χ1v) is 7.49. The summed E-state index contributed by atoms with van der Waals surface area (Å²) in [5, 5.41) is 2.78. The Kier molecular flexibility index (Phi) is 4.47. The summed E-state index contributed by atoms with van der Waals surface area (Å²) in [6.07, 6.45) is 1.61. The maximum atomic E-state index is 12.3. The average Bonchev–Trinajstić information content (AvgIpc) is 2.92. The predicted octanol–water partition coefficient (Wildman–Crippen LogP) is 3.43. The Labute approximate surface area is 127 Å². The third-order valence-corrected chi connectivity index (χ3v) is 4.06. The number of thiophene rings is 1. The number of rotatable bonds is 4. The Hall–Kier alpha value is -2.08. The van der Waals surface area contributed by atoms with Gasteiger partial charge in [-0.3, -0.25) is 4.79 Å². The standard InChI is InChI=1S/C15H18N2O3S/c1-5-20-15(19)13-9(3)16-7-12(13)17-14(18)11-6-8(2)21-10(11)4/h6-7,16H,5H2,1-4H3,(H,17,18). The predicted molar refractivity (Wildman–Crippen MR) is 83.2 cm³/mol. The van der Waals surface area contributed by atoms with Crippen molar-refractivity contribution in [2.24, 2.45) is 0 Å². The lowest BCUT2D eigenvalue weighted by Gasteiger charge is -2.07. The quantitative estimate of drug-likeness (QED) is 0.850. The molecule has 21 heavy (non-hydrogen) atoms. The minimum Gasteiger partial charge on any atom is -0.462 e. The number of anilines is 1. The maximum absolute atomic E-state index is 12.3. The van der Waals surface area contributed by atoms with Gasteiger partial charge >= 0.3 is 5.97 Å². The number of aromatic amines is 1. The molecule has 5 nitrogen and oxygen atoms in total. The molecular formula is C15H18N2O3S. The third-order valence-electron chi connectivity index (χ3n) is 3.09. The zero-order valence-corrected chi connectivity index (χ0v) is 13.3. The van der Waals surface area contributed by atoms with Gasteiger partial charge in [0.05, 0.1) is 17.9 Å². The molecule has 1 amide bonds. The fourth-order valence-electron chi connectivity index (χ4n) is 2.14. The first-order valence-electron chi connectivity index (χ1n) is 6.67. The van der Waals surface area contributed by atoms with Gasteiger partial charge in [-0.05, 0) is 33.8 Å². The highest BCUT2D eigenvalue weighted by molar-refractivity contribution is 7.12. The number of ether oxygens (including phenoxy) is 1. The average molecular weight is 306 g/mol. The van der Waals surface area contributed by atoms with Gasteiger partial charge in [0.25, 0.3) is 5.91 Å². The van der Waals surface area contributed by atoms with Crippen LogP contribution in [0, 0.1) is 20.8 Å². The van der Waals surface area contributed by atoms with Crippen LogP contribution in [0.15, 0.2) is 12.3 Å². The van der Waals surface area contributed by atoms with Crippen LogP contribution < -0.4 is 5.32 Å². The molecule has 0 fully saturated rings. The lowest BCUT2D eigenvalue weighted by Crippen LogP contribution is -2.15. The number of H-pyrrole nitrogens is 1. The van der Waals surface area contributed by atoms with Crippen molar-refractivity contribution in [3.63, 3.8) is 0 Å². The Balaban J connectivity index is 2.26. The van der Waals surface area contributed by atoms with E-state index in [1.807, 2.05) is 19.9 Å². The number of aromatic nitrogens is 1. The molecule has 0 spiro atoms. The molecule has 0 saturated carbocycles. The Morgan fingerprint density at radius 3 is 2.62 bits per heavy atom. The molecule has 0 aliphatic carbocycles. The van der Waals surface area contributed by atoms with E-state index in [0.717, 1.165) is 9.75 Å². The molecule has 2 aromatic heterocycles. The largest absolute Gasteiger partial charge is 0.462 e. The van der Waals surface area contributed by atoms with Gasteiger partial charge in [-0.25, -0.2) is 4.79 Å². The van der Waals surface area contributed by atoms with Crippen LogP contribution in [-0.2, 0) is 4.74 Å². The molecule has 6 heteroatoms. The van der Waals surface area contributed by atoms with Gasteiger partial charge < -0.3 is 15.0 Å². The summed E-state index contributed by atoms with van der Waals surface area (Å²) in [4.78, 5) is 29.2. The van der Waals surface area contributed by atoms with E-state index in [9.17, 15) is 9.59 Å². The van der Waals surface area contributed by atoms with E-state index in [0.29, 0.717) is 29.1 Å². The summed E-state index contributed by atoms with van der Waals surface area (Å²) in [5.41, 5.74) is 2.11. The lowest BCUT2D eigenvalue weighted by atomic mass is 10.2. The van der Waals surface area contributed by atoms with Crippen molar-refractivity contribution in [1.82, 2.24) is 4.98 Å². The molecule has 2 aromatic rings. The van der Waals surface area contributed by atoms with Crippen LogP contribution in [0.1, 0.15) is 43.1 Å². The van der Waals surface area contributed by atoms with E-state index in [-0.39, 0.29) is 5.91 Å². The van der Waals surface area contributed by atoms with Crippen LogP contribution in [-0.4, -0.2) is 23.5 Å². The molecule has 0 saturated heterocycles. The summed E-state index contributed by atoms with van der Waals surface area (Å²) in [5.74, 6) is -0.661. The normalized spacial score (nSPS) is 10.5. The summed E-state index contributed by atoms with van der Waals surface area (Å²) in [6.45, 7) is 7.66. The molecule has 2 heterocycles. The van der Waals surface area contributed by atoms with Gasteiger partial charge in [0.2, 0.25) is 0 Å². The summed E-state index contributed by atoms with van der Waals surface area (Å²) < 4.78 is 5.01. The zero-order valence-electron chi connectivity index (χ0n) is 12.5. The number of hydrogen-bond acceptors (Lipinski definition) is 4. The number of carbonyl (C=O) groups is 2. The first kappa shape index (κ1) is 15.3. The molecule has 0 atom stereocenters. The Bertz CT molecular complexity index is 685. The number of nitrogens with one attached hydrogen (secondary N) is 2. The number of esters is 1. The fourth-order valence-corrected chi connectivity index (χ4v) is 3.06. The summed E-state index contributed by atoms with van der Waals surface area (Å²) in [7, 11) is 0. The number of aryl methyl sites for hydroxylation is 3. The molecule has 0 radical (unpaired) electrons. The molecule has 0 aromatic carbocycles. The lowest BCUT2D eigenvalue weighted by molar-refractivity contribution is 0.0527. The van der Waals surface area contributed by atoms with Crippen molar-refractivity contribution in [1.29, 1.82) is 0 Å². The van der Waals surface area contributed by atoms with Gasteiger partial charge in [-0.15, -0.1) is 11.3 Å². The smallest absolute Gasteiger partial charge is 0.342 e. The SMILES string of the molecule is CCOC(=O)c1c(NC(=O)c2cc(C)sc2C)c[nH]c1C. The molecule has 0 bridgehead atoms. The van der Waals surface area contributed by atoms with Crippen LogP contribution in [0.5, 0.6) is 0 Å². The van der Waals surface area contributed by atoms with E-state index in [2.05, 4.69) is 10.3 Å². The minimum absolute atomic E-state index is 0.221. The van der Waals surface area contributed by atoms with Crippen LogP contribution >= 0.6 is 11.3 Å². The maximum Gasteiger partial charge on any atom is 0.342 e. The second-order valence-corrected chi connectivity index (χ2v) is 6.16. The van der Waals surface area contributed by atoms with E-state index in [4.69, 9.17) is 4.74 Å². The van der Waals surface area contributed by atoms with Gasteiger partial charge in [0.1, 0.15) is 5.56 Å². The Morgan fingerprint density at radius 2 is 2.05 bits per heavy atom. The van der Waals surface area contributed by atoms with Crippen molar-refractivity contribution < 1.29 is 14.3 Å². The van der Waals surface area contributed by atoms with Gasteiger partial charge in [0.15, 0.2) is 0 Å². The molecule has 112 valence electrons. The molecule has 0 unspecified atom stereocenters. The fraction of sp³-hybridized carbons (Fsp3) is 0.333. The highest BCUT2D eigenvalue weighted by atomic mass is 32.1. The molecule has 0 aliphatic heterocycles. The number of carbonyl (C=O) groups excluding carboxylic acids is 2. The molecule has 0 aliphatic rings. The van der Waals surface area contributed by atoms with Crippen molar-refractivity contribution >= 4 is 28.9 Å². The molecular weight excluding hydrogens is 288 g/mol. The highest BCUT2D eigenvalue weighted by Gasteiger charge is 2.20. The zero-order chi connectivity index (χ0) is 15.6. The minimum atomic E-state index is -0.440. The van der Waals surface area contributed by atoms with E-state index in [1.54, 1.807) is 31.4 Å². The van der Waals surface area contributed by atoms with Crippen LogP contribution in [0.2, 0.25) is 0 Å². The van der Waals surface area contributed by atoms with Gasteiger partial charge in [0, 0.05) is 21.6 Å². The summed E-state index contributed by atoms with van der Waals surface area (Å²) in [6, 6.07) is 1.85. The van der Waals surface area contributed by atoms with Crippen molar-refractivity contribution in [2.75, 3.05) is 11.9 Å². The summed E-state index contributed by atoms with van der Waals surface area (Å²) >= 11 is 1.57. The number of amides is 1. The van der Waals surface area contributed by atoms with Crippen LogP contribution in [0.25, 0.3) is 0 Å². The molecule has 2 rings (SSSR count). The van der Waals surface area contributed by atoms with Gasteiger partial charge in [-0.2, -0.15) is 0 Å². The van der Waals surface area contributed by atoms with Crippen molar-refractivity contribution in [3.05, 3.63) is 38.8 Å². The second-order valence-electron chi connectivity index (χ2n) is 4.70. The Morgan fingerprint density at radius 1 is 1.33 bits per heavy atom. The van der Waals surface area contributed by atoms with Crippen molar-refractivity contribution in [2.45, 2.75) is 27.7 Å². The first-order chi connectivity index (χ1) is 9.93. The topological polar surface area (TPSA) is 71.2 Å². The van der Waals surface area contributed by atoms with E-state index < -0.39 is 5.97 Å². The van der Waals surface area contributed by atoms with Crippen molar-refractivity contribution in [3.8, 4) is 0 Å². The third kappa shape index (κ3) is 3.16. The van der Waals surface area contributed by atoms with Crippen LogP contribution in [0.4, 0.5) is 5.69 Å².